The van der Waals surface area contributed by atoms with Gasteiger partial charge in [-0.2, -0.15) is 0 Å². The number of halogens is 1. The molecule has 17 heavy (non-hydrogen) atoms. The molecule has 0 aromatic heterocycles. The van der Waals surface area contributed by atoms with Gasteiger partial charge in [0, 0.05) is 17.6 Å². The summed E-state index contributed by atoms with van der Waals surface area (Å²) in [6.45, 7) is 15.6. The maximum atomic E-state index is 6.40. The summed E-state index contributed by atoms with van der Waals surface area (Å²) in [6.07, 6.45) is 1.82. The highest BCUT2D eigenvalue weighted by molar-refractivity contribution is 6.78. The van der Waals surface area contributed by atoms with Crippen molar-refractivity contribution >= 4 is 19.7 Å². The van der Waals surface area contributed by atoms with E-state index in [0.29, 0.717) is 17.2 Å². The summed E-state index contributed by atoms with van der Waals surface area (Å²) in [5, 5.41) is 3.54. The van der Waals surface area contributed by atoms with Crippen molar-refractivity contribution in [1.82, 2.24) is 10.2 Å². The highest BCUT2D eigenvalue weighted by atomic mass is 35.5. The minimum Gasteiger partial charge on any atom is -0.286 e. The van der Waals surface area contributed by atoms with E-state index in [4.69, 9.17) is 11.6 Å². The molecule has 1 N–H and O–H groups in total. The number of likely N-dealkylation sites (tertiary alicyclic amines) is 1. The largest absolute Gasteiger partial charge is 0.286 e. The van der Waals surface area contributed by atoms with Crippen LogP contribution in [0.25, 0.3) is 0 Å². The maximum absolute atomic E-state index is 6.40. The predicted octanol–water partition coefficient (Wildman–Crippen LogP) is 3.31. The van der Waals surface area contributed by atoms with E-state index in [1.165, 1.54) is 13.0 Å². The quantitative estimate of drug-likeness (QED) is 0.472. The van der Waals surface area contributed by atoms with E-state index in [-0.39, 0.29) is 5.50 Å². The fourth-order valence-electron chi connectivity index (χ4n) is 3.72. The third-order valence-corrected chi connectivity index (χ3v) is 7.71. The van der Waals surface area contributed by atoms with Crippen LogP contribution < -0.4 is 5.32 Å². The second-order valence-corrected chi connectivity index (χ2v) is 13.5. The summed E-state index contributed by atoms with van der Waals surface area (Å²) in [5.41, 5.74) is 1.19. The van der Waals surface area contributed by atoms with Gasteiger partial charge in [-0.1, -0.05) is 26.6 Å². The summed E-state index contributed by atoms with van der Waals surface area (Å²) in [6, 6.07) is 0. The van der Waals surface area contributed by atoms with Crippen molar-refractivity contribution in [3.63, 3.8) is 0 Å². The molecule has 2 aliphatic rings. The van der Waals surface area contributed by atoms with Crippen LogP contribution in [0.15, 0.2) is 0 Å². The van der Waals surface area contributed by atoms with Crippen LogP contribution in [-0.2, 0) is 0 Å². The minimum absolute atomic E-state index is 0.193. The van der Waals surface area contributed by atoms with E-state index in [0.717, 1.165) is 5.92 Å². The van der Waals surface area contributed by atoms with Crippen LogP contribution >= 0.6 is 11.6 Å². The average molecular weight is 275 g/mol. The smallest absolute Gasteiger partial charge is 0.0869 e. The van der Waals surface area contributed by atoms with Crippen LogP contribution in [0.3, 0.4) is 0 Å². The zero-order chi connectivity index (χ0) is 13.0. The zero-order valence-electron chi connectivity index (χ0n) is 12.0. The molecular weight excluding hydrogens is 248 g/mol. The second-order valence-electron chi connectivity index (χ2n) is 7.68. The van der Waals surface area contributed by atoms with Gasteiger partial charge in [-0.15, -0.1) is 11.6 Å². The van der Waals surface area contributed by atoms with Gasteiger partial charge in [0.15, 0.2) is 0 Å². The molecule has 100 valence electrons. The lowest BCUT2D eigenvalue weighted by Gasteiger charge is -2.55. The fourth-order valence-corrected chi connectivity index (χ4v) is 7.31. The number of alkyl halides is 1. The number of hydrogen-bond acceptors (Lipinski definition) is 2. The van der Waals surface area contributed by atoms with Gasteiger partial charge in [-0.25, -0.2) is 0 Å². The Bertz CT molecular complexity index is 300. The molecule has 0 bridgehead atoms. The van der Waals surface area contributed by atoms with Crippen LogP contribution in [-0.4, -0.2) is 36.7 Å². The Balaban J connectivity index is 2.14. The fraction of sp³-hybridized carbons (Fsp3) is 1.00. The number of hydrogen-bond donors (Lipinski definition) is 1. The SMILES string of the molecule is C[C@@H]1CN([C@@H]2NC(Cl)C2[Si](C)(C)C)C(C)(C)C1. The van der Waals surface area contributed by atoms with Gasteiger partial charge in [0.2, 0.25) is 0 Å². The molecular formula is C13H27ClN2Si. The average Bonchev–Trinajstić information content (AvgIpc) is 2.31. The Morgan fingerprint density at radius 1 is 1.29 bits per heavy atom. The van der Waals surface area contributed by atoms with Crippen molar-refractivity contribution in [2.45, 2.75) is 69.6 Å². The van der Waals surface area contributed by atoms with E-state index in [9.17, 15) is 0 Å². The van der Waals surface area contributed by atoms with Gasteiger partial charge < -0.3 is 0 Å². The molecule has 0 saturated carbocycles. The van der Waals surface area contributed by atoms with Gasteiger partial charge in [0.05, 0.1) is 19.7 Å². The molecule has 4 heteroatoms. The first-order valence-corrected chi connectivity index (χ1v) is 10.8. The highest BCUT2D eigenvalue weighted by Crippen LogP contribution is 2.45. The van der Waals surface area contributed by atoms with E-state index in [1.807, 2.05) is 0 Å². The molecule has 0 spiro atoms. The predicted molar refractivity (Wildman–Crippen MR) is 78.2 cm³/mol. The van der Waals surface area contributed by atoms with Crippen LogP contribution in [0.1, 0.15) is 27.2 Å². The molecule has 0 aliphatic carbocycles. The monoisotopic (exact) mass is 274 g/mol. The van der Waals surface area contributed by atoms with E-state index in [2.05, 4.69) is 50.6 Å². The third kappa shape index (κ3) is 2.44. The Hall–Kier alpha value is 0.427. The van der Waals surface area contributed by atoms with Crippen LogP contribution in [0.2, 0.25) is 25.2 Å². The molecule has 4 atom stereocenters. The van der Waals surface area contributed by atoms with Crippen molar-refractivity contribution in [1.29, 1.82) is 0 Å². The molecule has 2 saturated heterocycles. The summed E-state index contributed by atoms with van der Waals surface area (Å²) in [7, 11) is -1.19. The van der Waals surface area contributed by atoms with Gasteiger partial charge in [-0.05, 0) is 26.2 Å². The Morgan fingerprint density at radius 2 is 1.88 bits per heavy atom. The van der Waals surface area contributed by atoms with E-state index in [1.54, 1.807) is 0 Å². The van der Waals surface area contributed by atoms with Crippen molar-refractivity contribution in [2.75, 3.05) is 6.54 Å². The Labute approximate surface area is 112 Å². The normalized spacial score (nSPS) is 42.5. The van der Waals surface area contributed by atoms with Gasteiger partial charge in [-0.3, -0.25) is 10.2 Å². The summed E-state index contributed by atoms with van der Waals surface area (Å²) >= 11 is 6.40. The molecule has 2 fully saturated rings. The van der Waals surface area contributed by atoms with E-state index < -0.39 is 8.07 Å². The topological polar surface area (TPSA) is 15.3 Å². The first-order valence-electron chi connectivity index (χ1n) is 6.80. The molecule has 2 rings (SSSR count). The van der Waals surface area contributed by atoms with Crippen molar-refractivity contribution in [3.05, 3.63) is 0 Å². The lowest BCUT2D eigenvalue weighted by molar-refractivity contribution is 0.0406. The Kier molecular flexibility index (Phi) is 3.44. The Morgan fingerprint density at radius 3 is 2.24 bits per heavy atom. The number of rotatable bonds is 2. The molecule has 2 heterocycles. The molecule has 0 aromatic rings. The molecule has 2 aliphatic heterocycles. The molecule has 2 nitrogen and oxygen atoms in total. The third-order valence-electron chi connectivity index (χ3n) is 4.46. The van der Waals surface area contributed by atoms with Crippen LogP contribution in [0.5, 0.6) is 0 Å². The van der Waals surface area contributed by atoms with Gasteiger partial charge >= 0.3 is 0 Å². The van der Waals surface area contributed by atoms with Gasteiger partial charge in [0.1, 0.15) is 0 Å². The number of nitrogens with one attached hydrogen (secondary N) is 1. The lowest BCUT2D eigenvalue weighted by Crippen LogP contribution is -2.70. The van der Waals surface area contributed by atoms with Crippen molar-refractivity contribution in [3.8, 4) is 0 Å². The van der Waals surface area contributed by atoms with Crippen LogP contribution in [0.4, 0.5) is 0 Å². The summed E-state index contributed by atoms with van der Waals surface area (Å²) < 4.78 is 0. The standard InChI is InChI=1S/C13H27ClN2Si/c1-9-7-13(2,3)16(8-9)12-10(11(14)15-12)17(4,5)6/h9-12,15H,7-8H2,1-6H3/t9-,10?,11?,12-/m0/s1. The first kappa shape index (κ1) is 13.8. The maximum Gasteiger partial charge on any atom is 0.0869 e. The first-order chi connectivity index (χ1) is 7.63. The minimum atomic E-state index is -1.19. The van der Waals surface area contributed by atoms with Crippen molar-refractivity contribution in [2.24, 2.45) is 5.92 Å². The molecule has 0 amide bonds. The summed E-state index contributed by atoms with van der Waals surface area (Å²) in [4.78, 5) is 2.67. The number of nitrogens with zero attached hydrogens (tertiary/aromatic N) is 1. The summed E-state index contributed by atoms with van der Waals surface area (Å²) in [5.74, 6) is 0.809. The van der Waals surface area contributed by atoms with Crippen molar-refractivity contribution < 1.29 is 0 Å². The molecule has 0 radical (unpaired) electrons. The highest BCUT2D eigenvalue weighted by Gasteiger charge is 2.53. The van der Waals surface area contributed by atoms with Crippen LogP contribution in [0, 0.1) is 5.92 Å². The zero-order valence-corrected chi connectivity index (χ0v) is 13.8. The molecule has 0 aromatic carbocycles. The van der Waals surface area contributed by atoms with Gasteiger partial charge in [0.25, 0.3) is 0 Å². The van der Waals surface area contributed by atoms with E-state index >= 15 is 0 Å². The lowest BCUT2D eigenvalue weighted by atomic mass is 9.96. The molecule has 2 unspecified atom stereocenters. The second kappa shape index (κ2) is 4.22.